The van der Waals surface area contributed by atoms with Gasteiger partial charge in [0.2, 0.25) is 11.8 Å². The molecule has 0 bridgehead atoms. The van der Waals surface area contributed by atoms with Gasteiger partial charge in [-0.2, -0.15) is 0 Å². The van der Waals surface area contributed by atoms with Crippen LogP contribution < -0.4 is 0 Å². The molecule has 0 saturated carbocycles. The van der Waals surface area contributed by atoms with E-state index in [4.69, 9.17) is 4.74 Å². The molecule has 0 aromatic heterocycles. The van der Waals surface area contributed by atoms with E-state index in [1.54, 1.807) is 7.11 Å². The number of fused-ring (bicyclic) bond motifs is 1. The molecule has 0 unspecified atom stereocenters. The van der Waals surface area contributed by atoms with Gasteiger partial charge in [-0.25, -0.2) is 0 Å². The Kier molecular flexibility index (Phi) is 8.20. The van der Waals surface area contributed by atoms with Crippen molar-refractivity contribution in [2.45, 2.75) is 57.5 Å². The number of hydrogen-bond donors (Lipinski definition) is 0. The number of amides is 2. The first kappa shape index (κ1) is 23.2. The van der Waals surface area contributed by atoms with E-state index in [9.17, 15) is 9.59 Å². The minimum Gasteiger partial charge on any atom is -0.385 e. The van der Waals surface area contributed by atoms with E-state index in [2.05, 4.69) is 9.80 Å². The Morgan fingerprint density at radius 2 is 1.94 bits per heavy atom. The largest absolute Gasteiger partial charge is 0.385 e. The van der Waals surface area contributed by atoms with Gasteiger partial charge in [-0.1, -0.05) is 36.8 Å². The lowest BCUT2D eigenvalue weighted by atomic mass is 9.83. The van der Waals surface area contributed by atoms with Crippen LogP contribution in [0.4, 0.5) is 0 Å². The smallest absolute Gasteiger partial charge is 0.228 e. The summed E-state index contributed by atoms with van der Waals surface area (Å²) in [5, 5.41) is 0. The molecule has 3 heterocycles. The van der Waals surface area contributed by atoms with Crippen LogP contribution in [0.15, 0.2) is 30.3 Å². The summed E-state index contributed by atoms with van der Waals surface area (Å²) in [7, 11) is 1.71. The number of nitrogens with zero attached hydrogens (tertiary/aromatic N) is 3. The monoisotopic (exact) mass is 441 g/mol. The van der Waals surface area contributed by atoms with Gasteiger partial charge in [0.15, 0.2) is 0 Å². The van der Waals surface area contributed by atoms with Gasteiger partial charge in [0.25, 0.3) is 0 Å². The van der Waals surface area contributed by atoms with Crippen molar-refractivity contribution >= 4 is 11.8 Å². The van der Waals surface area contributed by atoms with E-state index in [0.29, 0.717) is 38.1 Å². The molecule has 2 amide bonds. The molecule has 0 N–H and O–H groups in total. The summed E-state index contributed by atoms with van der Waals surface area (Å²) in [4.78, 5) is 32.9. The molecular formula is C26H39N3O3. The molecule has 1 aromatic rings. The first-order valence-electron chi connectivity index (χ1n) is 12.5. The minimum absolute atomic E-state index is 0.0974. The van der Waals surface area contributed by atoms with E-state index in [0.717, 1.165) is 25.1 Å². The topological polar surface area (TPSA) is 53.1 Å². The summed E-state index contributed by atoms with van der Waals surface area (Å²) in [5.74, 6) is 0.589. The Labute approximate surface area is 192 Å². The number of ether oxygens (including phenoxy) is 1. The normalized spacial score (nSPS) is 26.2. The summed E-state index contributed by atoms with van der Waals surface area (Å²) in [6.07, 6.45) is 7.50. The van der Waals surface area contributed by atoms with Crippen LogP contribution in [-0.4, -0.2) is 79.0 Å². The number of hydrogen-bond acceptors (Lipinski definition) is 4. The van der Waals surface area contributed by atoms with E-state index in [1.807, 2.05) is 35.2 Å². The molecule has 6 heteroatoms. The van der Waals surface area contributed by atoms with Crippen molar-refractivity contribution in [2.24, 2.45) is 11.8 Å². The first-order valence-corrected chi connectivity index (χ1v) is 12.5. The van der Waals surface area contributed by atoms with E-state index in [-0.39, 0.29) is 17.7 Å². The highest BCUT2D eigenvalue weighted by Crippen LogP contribution is 2.32. The second-order valence-electron chi connectivity index (χ2n) is 9.79. The number of carbonyl (C=O) groups is 2. The summed E-state index contributed by atoms with van der Waals surface area (Å²) in [5.41, 5.74) is 1.12. The summed E-state index contributed by atoms with van der Waals surface area (Å²) in [6.45, 7) is 5.76. The zero-order chi connectivity index (χ0) is 22.3. The molecule has 0 aliphatic carbocycles. The molecule has 6 nitrogen and oxygen atoms in total. The molecule has 1 aromatic carbocycles. The molecule has 4 rings (SSSR count). The predicted octanol–water partition coefficient (Wildman–Crippen LogP) is 3.16. The number of rotatable bonds is 9. The standard InChI is InChI=1S/C26H39N3O3/c1-32-16-8-15-28(19-22-11-7-14-27-13-6-5-12-24(22)27)26(31)23-17-25(30)29(20-23)18-21-9-3-2-4-10-21/h2-4,9-10,22-24H,5-8,11-20H2,1H3/t22-,23+,24+/m0/s1. The van der Waals surface area contributed by atoms with Crippen molar-refractivity contribution in [1.29, 1.82) is 0 Å². The quantitative estimate of drug-likeness (QED) is 0.553. The Balaban J connectivity index is 1.40. The zero-order valence-electron chi connectivity index (χ0n) is 19.6. The molecule has 3 fully saturated rings. The van der Waals surface area contributed by atoms with E-state index in [1.165, 1.54) is 45.2 Å². The lowest BCUT2D eigenvalue weighted by Gasteiger charge is -2.46. The second kappa shape index (κ2) is 11.3. The fourth-order valence-corrected chi connectivity index (χ4v) is 5.92. The molecule has 32 heavy (non-hydrogen) atoms. The minimum atomic E-state index is -0.222. The van der Waals surface area contributed by atoms with Crippen molar-refractivity contribution in [2.75, 3.05) is 46.4 Å². The van der Waals surface area contributed by atoms with Gasteiger partial charge < -0.3 is 19.4 Å². The highest BCUT2D eigenvalue weighted by molar-refractivity contribution is 5.89. The van der Waals surface area contributed by atoms with Crippen LogP contribution in [0.25, 0.3) is 0 Å². The van der Waals surface area contributed by atoms with Crippen LogP contribution in [0.5, 0.6) is 0 Å². The third kappa shape index (κ3) is 5.70. The molecule has 3 atom stereocenters. The highest BCUT2D eigenvalue weighted by atomic mass is 16.5. The van der Waals surface area contributed by atoms with Crippen LogP contribution in [0.3, 0.4) is 0 Å². The maximum absolute atomic E-state index is 13.6. The molecule has 0 spiro atoms. The molecule has 176 valence electrons. The number of likely N-dealkylation sites (tertiary alicyclic amines) is 1. The van der Waals surface area contributed by atoms with Crippen molar-refractivity contribution in [3.63, 3.8) is 0 Å². The summed E-state index contributed by atoms with van der Waals surface area (Å²) in [6, 6.07) is 10.7. The molecule has 3 saturated heterocycles. The van der Waals surface area contributed by atoms with Crippen molar-refractivity contribution in [3.8, 4) is 0 Å². The summed E-state index contributed by atoms with van der Waals surface area (Å²) < 4.78 is 5.27. The van der Waals surface area contributed by atoms with Gasteiger partial charge in [0.05, 0.1) is 5.92 Å². The van der Waals surface area contributed by atoms with Gasteiger partial charge in [-0.3, -0.25) is 9.59 Å². The molecular weight excluding hydrogens is 402 g/mol. The van der Waals surface area contributed by atoms with Crippen molar-refractivity contribution in [1.82, 2.24) is 14.7 Å². The van der Waals surface area contributed by atoms with Gasteiger partial charge >= 0.3 is 0 Å². The van der Waals surface area contributed by atoms with Crippen LogP contribution in [0.1, 0.15) is 50.5 Å². The third-order valence-electron chi connectivity index (χ3n) is 7.55. The first-order chi connectivity index (χ1) is 15.7. The van der Waals surface area contributed by atoms with Crippen LogP contribution in [0.2, 0.25) is 0 Å². The lowest BCUT2D eigenvalue weighted by Crippen LogP contribution is -2.52. The van der Waals surface area contributed by atoms with Gasteiger partial charge in [0, 0.05) is 52.4 Å². The number of carbonyl (C=O) groups excluding carboxylic acids is 2. The van der Waals surface area contributed by atoms with Gasteiger partial charge in [-0.15, -0.1) is 0 Å². The zero-order valence-corrected chi connectivity index (χ0v) is 19.6. The maximum atomic E-state index is 13.6. The Bertz CT molecular complexity index is 754. The van der Waals surface area contributed by atoms with Crippen molar-refractivity contribution < 1.29 is 14.3 Å². The number of benzene rings is 1. The molecule has 0 radical (unpaired) electrons. The van der Waals surface area contributed by atoms with Crippen LogP contribution in [0, 0.1) is 11.8 Å². The number of piperidine rings is 2. The van der Waals surface area contributed by atoms with Crippen molar-refractivity contribution in [3.05, 3.63) is 35.9 Å². The Morgan fingerprint density at radius 3 is 2.75 bits per heavy atom. The van der Waals surface area contributed by atoms with Crippen LogP contribution in [-0.2, 0) is 20.9 Å². The average molecular weight is 442 g/mol. The maximum Gasteiger partial charge on any atom is 0.228 e. The highest BCUT2D eigenvalue weighted by Gasteiger charge is 2.39. The average Bonchev–Trinajstić information content (AvgIpc) is 3.19. The van der Waals surface area contributed by atoms with E-state index >= 15 is 0 Å². The lowest BCUT2D eigenvalue weighted by molar-refractivity contribution is -0.137. The molecule has 3 aliphatic heterocycles. The fourth-order valence-electron chi connectivity index (χ4n) is 5.92. The van der Waals surface area contributed by atoms with E-state index < -0.39 is 0 Å². The van der Waals surface area contributed by atoms with Gasteiger partial charge in [0.1, 0.15) is 0 Å². The molecule has 3 aliphatic rings. The third-order valence-corrected chi connectivity index (χ3v) is 7.55. The second-order valence-corrected chi connectivity index (χ2v) is 9.79. The summed E-state index contributed by atoms with van der Waals surface area (Å²) >= 11 is 0. The number of methoxy groups -OCH3 is 1. The Hall–Kier alpha value is -1.92. The predicted molar refractivity (Wildman–Crippen MR) is 125 cm³/mol. The SMILES string of the molecule is COCCCN(C[C@@H]1CCCN2CCCC[C@H]12)C(=O)[C@@H]1CC(=O)N(Cc2ccccc2)C1. The van der Waals surface area contributed by atoms with Crippen LogP contribution >= 0.6 is 0 Å². The fraction of sp³-hybridized carbons (Fsp3) is 0.692. The Morgan fingerprint density at radius 1 is 1.12 bits per heavy atom. The van der Waals surface area contributed by atoms with Gasteiger partial charge in [-0.05, 0) is 56.7 Å².